The number of benzene rings is 1. The van der Waals surface area contributed by atoms with Gasteiger partial charge in [0.25, 0.3) is 0 Å². The standard InChI is InChI=1S/C14H11F5N2O/c1-5-4-8(7(3)22-5)6(2)20-21-14-12(18)10(16)9(15)11(17)13(14)19/h4,21H,1-3H3/b20-6-. The lowest BCUT2D eigenvalue weighted by Gasteiger charge is -2.08. The minimum Gasteiger partial charge on any atom is -0.466 e. The van der Waals surface area contributed by atoms with Gasteiger partial charge in [0, 0.05) is 5.56 Å². The molecule has 22 heavy (non-hydrogen) atoms. The maximum Gasteiger partial charge on any atom is 0.200 e. The molecule has 0 bridgehead atoms. The maximum absolute atomic E-state index is 13.5. The predicted molar refractivity (Wildman–Crippen MR) is 70.2 cm³/mol. The summed E-state index contributed by atoms with van der Waals surface area (Å²) in [6, 6.07) is 1.63. The van der Waals surface area contributed by atoms with Crippen LogP contribution in [0.4, 0.5) is 27.6 Å². The Bertz CT molecular complexity index is 738. The number of hydrogen-bond donors (Lipinski definition) is 1. The second-order valence-electron chi connectivity index (χ2n) is 4.58. The third-order valence-electron chi connectivity index (χ3n) is 2.98. The molecular formula is C14H11F5N2O. The van der Waals surface area contributed by atoms with Gasteiger partial charge < -0.3 is 4.42 Å². The first-order valence-electron chi connectivity index (χ1n) is 6.13. The van der Waals surface area contributed by atoms with Crippen molar-refractivity contribution < 1.29 is 26.4 Å². The summed E-state index contributed by atoms with van der Waals surface area (Å²) in [6.07, 6.45) is 0. The van der Waals surface area contributed by atoms with Gasteiger partial charge in [0.15, 0.2) is 23.3 Å². The highest BCUT2D eigenvalue weighted by molar-refractivity contribution is 6.00. The van der Waals surface area contributed by atoms with Crippen molar-refractivity contribution in [1.29, 1.82) is 0 Å². The Morgan fingerprint density at radius 3 is 1.91 bits per heavy atom. The van der Waals surface area contributed by atoms with E-state index in [0.717, 1.165) is 0 Å². The third kappa shape index (κ3) is 2.68. The van der Waals surface area contributed by atoms with Gasteiger partial charge in [-0.3, -0.25) is 5.43 Å². The van der Waals surface area contributed by atoms with E-state index < -0.39 is 34.8 Å². The van der Waals surface area contributed by atoms with Crippen molar-refractivity contribution >= 4 is 11.4 Å². The van der Waals surface area contributed by atoms with Crippen LogP contribution < -0.4 is 5.43 Å². The predicted octanol–water partition coefficient (Wildman–Crippen LogP) is 4.43. The van der Waals surface area contributed by atoms with Gasteiger partial charge in [-0.2, -0.15) is 5.10 Å². The fraction of sp³-hybridized carbons (Fsp3) is 0.214. The molecule has 0 unspecified atom stereocenters. The van der Waals surface area contributed by atoms with Crippen LogP contribution in [0.1, 0.15) is 24.0 Å². The first-order chi connectivity index (χ1) is 10.2. The number of aryl methyl sites for hydroxylation is 2. The molecule has 2 aromatic rings. The Hall–Kier alpha value is -2.38. The molecule has 3 nitrogen and oxygen atoms in total. The zero-order valence-electron chi connectivity index (χ0n) is 11.8. The van der Waals surface area contributed by atoms with Crippen LogP contribution in [0.2, 0.25) is 0 Å². The molecule has 118 valence electrons. The van der Waals surface area contributed by atoms with Gasteiger partial charge in [-0.1, -0.05) is 0 Å². The average molecular weight is 318 g/mol. The van der Waals surface area contributed by atoms with E-state index in [2.05, 4.69) is 5.10 Å². The number of nitrogens with zero attached hydrogens (tertiary/aromatic N) is 1. The zero-order valence-corrected chi connectivity index (χ0v) is 11.8. The summed E-state index contributed by atoms with van der Waals surface area (Å²) in [7, 11) is 0. The van der Waals surface area contributed by atoms with E-state index >= 15 is 0 Å². The molecule has 1 N–H and O–H groups in total. The minimum atomic E-state index is -2.22. The molecule has 8 heteroatoms. The summed E-state index contributed by atoms with van der Waals surface area (Å²) in [4.78, 5) is 0. The van der Waals surface area contributed by atoms with Crippen molar-refractivity contribution in [2.75, 3.05) is 5.43 Å². The second-order valence-corrected chi connectivity index (χ2v) is 4.58. The number of nitrogens with one attached hydrogen (secondary N) is 1. The smallest absolute Gasteiger partial charge is 0.200 e. The van der Waals surface area contributed by atoms with Gasteiger partial charge in [0.1, 0.15) is 17.2 Å². The summed E-state index contributed by atoms with van der Waals surface area (Å²) in [5, 5.41) is 3.64. The summed E-state index contributed by atoms with van der Waals surface area (Å²) in [5.74, 6) is -9.14. The van der Waals surface area contributed by atoms with Gasteiger partial charge in [0.2, 0.25) is 5.82 Å². The van der Waals surface area contributed by atoms with E-state index in [9.17, 15) is 22.0 Å². The maximum atomic E-state index is 13.5. The van der Waals surface area contributed by atoms with Crippen LogP contribution in [0, 0.1) is 42.9 Å². The van der Waals surface area contributed by atoms with Gasteiger partial charge in [-0.15, -0.1) is 0 Å². The number of halogens is 5. The van der Waals surface area contributed by atoms with Gasteiger partial charge >= 0.3 is 0 Å². The normalized spacial score (nSPS) is 11.9. The highest BCUT2D eigenvalue weighted by Gasteiger charge is 2.25. The molecule has 0 spiro atoms. The number of furan rings is 1. The van der Waals surface area contributed by atoms with E-state index in [1.165, 1.54) is 6.92 Å². The molecule has 0 saturated heterocycles. The third-order valence-corrected chi connectivity index (χ3v) is 2.98. The number of hydrogen-bond acceptors (Lipinski definition) is 3. The summed E-state index contributed by atoms with van der Waals surface area (Å²) < 4.78 is 71.2. The molecule has 0 radical (unpaired) electrons. The van der Waals surface area contributed by atoms with Crippen molar-refractivity contribution in [2.45, 2.75) is 20.8 Å². The van der Waals surface area contributed by atoms with Gasteiger partial charge in [-0.25, -0.2) is 22.0 Å². The molecule has 0 saturated carbocycles. The Labute approximate surface area is 122 Å². The lowest BCUT2D eigenvalue weighted by Crippen LogP contribution is -2.08. The minimum absolute atomic E-state index is 0.262. The quantitative estimate of drug-likeness (QED) is 0.299. The number of rotatable bonds is 3. The Kier molecular flexibility index (Phi) is 4.20. The van der Waals surface area contributed by atoms with E-state index in [1.54, 1.807) is 19.9 Å². The van der Waals surface area contributed by atoms with Crippen LogP contribution in [0.15, 0.2) is 15.6 Å². The monoisotopic (exact) mass is 318 g/mol. The number of hydrazone groups is 1. The summed E-state index contributed by atoms with van der Waals surface area (Å²) >= 11 is 0. The van der Waals surface area contributed by atoms with Gasteiger partial charge in [-0.05, 0) is 26.8 Å². The SMILES string of the molecule is C/C(=N/Nc1c(F)c(F)c(F)c(F)c1F)c1cc(C)oc1C. The van der Waals surface area contributed by atoms with Crippen LogP contribution in [0.25, 0.3) is 0 Å². The molecule has 0 aliphatic heterocycles. The van der Waals surface area contributed by atoms with Crippen LogP contribution in [0.3, 0.4) is 0 Å². The number of anilines is 1. The van der Waals surface area contributed by atoms with Crippen LogP contribution in [0.5, 0.6) is 0 Å². The molecular weight excluding hydrogens is 307 g/mol. The van der Waals surface area contributed by atoms with Crippen molar-refractivity contribution in [1.82, 2.24) is 0 Å². The van der Waals surface area contributed by atoms with E-state index in [0.29, 0.717) is 17.1 Å². The molecule has 1 heterocycles. The lowest BCUT2D eigenvalue weighted by atomic mass is 10.2. The highest BCUT2D eigenvalue weighted by atomic mass is 19.2. The first kappa shape index (κ1) is 16.0. The van der Waals surface area contributed by atoms with Gasteiger partial charge in [0.05, 0.1) is 5.71 Å². The topological polar surface area (TPSA) is 37.5 Å². The molecule has 1 aromatic carbocycles. The fourth-order valence-electron chi connectivity index (χ4n) is 1.89. The molecule has 0 atom stereocenters. The van der Waals surface area contributed by atoms with Crippen molar-refractivity contribution in [3.63, 3.8) is 0 Å². The van der Waals surface area contributed by atoms with Crippen LogP contribution >= 0.6 is 0 Å². The van der Waals surface area contributed by atoms with Crippen molar-refractivity contribution in [3.8, 4) is 0 Å². The summed E-state index contributed by atoms with van der Waals surface area (Å²) in [5.41, 5.74) is 1.47. The Balaban J connectivity index is 2.40. The van der Waals surface area contributed by atoms with E-state index in [1.807, 2.05) is 5.43 Å². The summed E-state index contributed by atoms with van der Waals surface area (Å²) in [6.45, 7) is 4.84. The van der Waals surface area contributed by atoms with Crippen molar-refractivity contribution in [2.24, 2.45) is 5.10 Å². The van der Waals surface area contributed by atoms with Crippen LogP contribution in [-0.2, 0) is 0 Å². The zero-order chi connectivity index (χ0) is 16.6. The first-order valence-corrected chi connectivity index (χ1v) is 6.13. The van der Waals surface area contributed by atoms with Crippen LogP contribution in [-0.4, -0.2) is 5.71 Å². The van der Waals surface area contributed by atoms with Crippen molar-refractivity contribution in [3.05, 3.63) is 52.2 Å². The fourth-order valence-corrected chi connectivity index (χ4v) is 1.89. The molecule has 0 fully saturated rings. The average Bonchev–Trinajstić information content (AvgIpc) is 2.81. The van der Waals surface area contributed by atoms with E-state index in [-0.39, 0.29) is 5.71 Å². The highest BCUT2D eigenvalue weighted by Crippen LogP contribution is 2.27. The molecule has 2 rings (SSSR count). The lowest BCUT2D eigenvalue weighted by molar-refractivity contribution is 0.381. The second kappa shape index (κ2) is 5.78. The van der Waals surface area contributed by atoms with E-state index in [4.69, 9.17) is 4.42 Å². The molecule has 0 aliphatic carbocycles. The Morgan fingerprint density at radius 2 is 1.45 bits per heavy atom. The Morgan fingerprint density at radius 1 is 0.955 bits per heavy atom. The molecule has 1 aromatic heterocycles. The molecule has 0 amide bonds. The largest absolute Gasteiger partial charge is 0.466 e. The molecule has 0 aliphatic rings.